The van der Waals surface area contributed by atoms with Crippen molar-refractivity contribution in [2.75, 3.05) is 33.3 Å². The van der Waals surface area contributed by atoms with Gasteiger partial charge in [0.25, 0.3) is 11.8 Å². The van der Waals surface area contributed by atoms with Crippen LogP contribution in [0.15, 0.2) is 53.1 Å². The lowest BCUT2D eigenvalue weighted by atomic mass is 10.1. The molecule has 0 radical (unpaired) electrons. The van der Waals surface area contributed by atoms with E-state index in [2.05, 4.69) is 0 Å². The number of hydrogen-bond donors (Lipinski definition) is 0. The highest BCUT2D eigenvalue weighted by Crippen LogP contribution is 2.20. The van der Waals surface area contributed by atoms with Crippen LogP contribution >= 0.6 is 0 Å². The van der Waals surface area contributed by atoms with Crippen LogP contribution in [0.2, 0.25) is 0 Å². The van der Waals surface area contributed by atoms with E-state index in [9.17, 15) is 9.59 Å². The summed E-state index contributed by atoms with van der Waals surface area (Å²) in [6.45, 7) is 2.17. The highest BCUT2D eigenvalue weighted by molar-refractivity contribution is 5.91. The Morgan fingerprint density at radius 1 is 1.00 bits per heavy atom. The Bertz CT molecular complexity index is 699. The molecule has 0 spiro atoms. The molecular weight excluding hydrogens is 320 g/mol. The minimum atomic E-state index is -0.617. The first-order valence-electron chi connectivity index (χ1n) is 8.40. The van der Waals surface area contributed by atoms with E-state index in [0.29, 0.717) is 31.9 Å². The Morgan fingerprint density at radius 3 is 2.40 bits per heavy atom. The Balaban J connectivity index is 1.66. The van der Waals surface area contributed by atoms with Crippen LogP contribution in [0.4, 0.5) is 0 Å². The second-order valence-electron chi connectivity index (χ2n) is 5.97. The molecule has 132 valence electrons. The van der Waals surface area contributed by atoms with E-state index >= 15 is 0 Å². The van der Waals surface area contributed by atoms with E-state index in [-0.39, 0.29) is 11.8 Å². The van der Waals surface area contributed by atoms with Gasteiger partial charge in [0.2, 0.25) is 0 Å². The molecule has 3 rings (SSSR count). The third-order valence-corrected chi connectivity index (χ3v) is 4.39. The van der Waals surface area contributed by atoms with Crippen molar-refractivity contribution < 1.29 is 18.7 Å². The average Bonchev–Trinajstić information content (AvgIpc) is 3.07. The summed E-state index contributed by atoms with van der Waals surface area (Å²) < 4.78 is 10.6. The highest BCUT2D eigenvalue weighted by Gasteiger charge is 2.29. The molecule has 0 unspecified atom stereocenters. The summed E-state index contributed by atoms with van der Waals surface area (Å²) in [5.74, 6) is 0.130. The molecule has 1 saturated heterocycles. The third kappa shape index (κ3) is 3.91. The summed E-state index contributed by atoms with van der Waals surface area (Å²) in [4.78, 5) is 28.8. The van der Waals surface area contributed by atoms with E-state index < -0.39 is 6.10 Å². The predicted molar refractivity (Wildman–Crippen MR) is 92.0 cm³/mol. The van der Waals surface area contributed by atoms with E-state index in [4.69, 9.17) is 9.15 Å². The molecule has 25 heavy (non-hydrogen) atoms. The van der Waals surface area contributed by atoms with Gasteiger partial charge in [-0.3, -0.25) is 9.59 Å². The highest BCUT2D eigenvalue weighted by atomic mass is 16.5. The molecule has 1 fully saturated rings. The fourth-order valence-electron chi connectivity index (χ4n) is 3.07. The molecule has 2 amide bonds. The molecule has 0 N–H and O–H groups in total. The molecule has 1 aromatic carbocycles. The molecular formula is C19H22N2O4. The van der Waals surface area contributed by atoms with E-state index in [1.54, 1.807) is 29.0 Å². The van der Waals surface area contributed by atoms with E-state index in [1.807, 2.05) is 30.3 Å². The van der Waals surface area contributed by atoms with Crippen molar-refractivity contribution in [2.24, 2.45) is 0 Å². The van der Waals surface area contributed by atoms with E-state index in [0.717, 1.165) is 12.0 Å². The third-order valence-electron chi connectivity index (χ3n) is 4.39. The zero-order chi connectivity index (χ0) is 17.6. The molecule has 1 aliphatic heterocycles. The van der Waals surface area contributed by atoms with Crippen LogP contribution in [-0.4, -0.2) is 54.9 Å². The van der Waals surface area contributed by atoms with Gasteiger partial charge < -0.3 is 19.0 Å². The smallest absolute Gasteiger partial charge is 0.289 e. The standard InChI is InChI=1S/C19H22N2O4/c1-24-17(15-7-3-2-4-8-15)19(23)21-11-6-10-20(12-13-21)18(22)16-9-5-14-25-16/h2-5,7-9,14,17H,6,10-13H2,1H3/t17-/m1/s1. The average molecular weight is 342 g/mol. The first-order chi connectivity index (χ1) is 12.2. The minimum Gasteiger partial charge on any atom is -0.459 e. The summed E-state index contributed by atoms with van der Waals surface area (Å²) in [6.07, 6.45) is 1.60. The quantitative estimate of drug-likeness (QED) is 0.856. The van der Waals surface area contributed by atoms with Crippen LogP contribution in [0.25, 0.3) is 0 Å². The molecule has 6 heteroatoms. The van der Waals surface area contributed by atoms with Crippen LogP contribution in [0.5, 0.6) is 0 Å². The van der Waals surface area contributed by atoms with Gasteiger partial charge in [0.05, 0.1) is 6.26 Å². The SMILES string of the molecule is CO[C@@H](C(=O)N1CCCN(C(=O)c2ccco2)CC1)c1ccccc1. The predicted octanol–water partition coefficient (Wildman–Crippen LogP) is 2.34. The first kappa shape index (κ1) is 17.2. The topological polar surface area (TPSA) is 63.0 Å². The summed E-state index contributed by atoms with van der Waals surface area (Å²) in [5.41, 5.74) is 0.836. The first-order valence-corrected chi connectivity index (χ1v) is 8.40. The van der Waals surface area contributed by atoms with Gasteiger partial charge in [0, 0.05) is 33.3 Å². The fourth-order valence-corrected chi connectivity index (χ4v) is 3.07. The maximum atomic E-state index is 12.9. The molecule has 0 saturated carbocycles. The van der Waals surface area contributed by atoms with Crippen LogP contribution in [0.3, 0.4) is 0 Å². The van der Waals surface area contributed by atoms with Crippen molar-refractivity contribution in [1.82, 2.24) is 9.80 Å². The van der Waals surface area contributed by atoms with Crippen molar-refractivity contribution in [2.45, 2.75) is 12.5 Å². The van der Waals surface area contributed by atoms with Crippen molar-refractivity contribution in [3.8, 4) is 0 Å². The monoisotopic (exact) mass is 342 g/mol. The zero-order valence-corrected chi connectivity index (χ0v) is 14.3. The molecule has 6 nitrogen and oxygen atoms in total. The van der Waals surface area contributed by atoms with Gasteiger partial charge >= 0.3 is 0 Å². The van der Waals surface area contributed by atoms with E-state index in [1.165, 1.54) is 6.26 Å². The van der Waals surface area contributed by atoms with Crippen molar-refractivity contribution in [3.63, 3.8) is 0 Å². The number of hydrogen-bond acceptors (Lipinski definition) is 4. The number of benzene rings is 1. The van der Waals surface area contributed by atoms with Gasteiger partial charge in [-0.25, -0.2) is 0 Å². The molecule has 2 heterocycles. The minimum absolute atomic E-state index is 0.0685. The molecule has 1 aliphatic rings. The molecule has 2 aromatic rings. The summed E-state index contributed by atoms with van der Waals surface area (Å²) in [7, 11) is 1.54. The maximum absolute atomic E-state index is 12.9. The van der Waals surface area contributed by atoms with Crippen molar-refractivity contribution >= 4 is 11.8 Å². The molecule has 1 aromatic heterocycles. The second kappa shape index (κ2) is 7.98. The van der Waals surface area contributed by atoms with Gasteiger partial charge in [-0.1, -0.05) is 30.3 Å². The zero-order valence-electron chi connectivity index (χ0n) is 14.3. The number of methoxy groups -OCH3 is 1. The lowest BCUT2D eigenvalue weighted by molar-refractivity contribution is -0.142. The summed E-state index contributed by atoms with van der Waals surface area (Å²) >= 11 is 0. The Hall–Kier alpha value is -2.60. The maximum Gasteiger partial charge on any atom is 0.289 e. The Kier molecular flexibility index (Phi) is 5.50. The number of rotatable bonds is 4. The largest absolute Gasteiger partial charge is 0.459 e. The number of ether oxygens (including phenoxy) is 1. The Labute approximate surface area is 147 Å². The van der Waals surface area contributed by atoms with Crippen molar-refractivity contribution in [3.05, 3.63) is 60.1 Å². The lowest BCUT2D eigenvalue weighted by Gasteiger charge is -2.25. The van der Waals surface area contributed by atoms with Gasteiger partial charge in [-0.15, -0.1) is 0 Å². The normalized spacial score (nSPS) is 16.4. The number of carbonyl (C=O) groups is 2. The summed E-state index contributed by atoms with van der Waals surface area (Å²) in [6, 6.07) is 12.8. The Morgan fingerprint density at radius 2 is 1.72 bits per heavy atom. The molecule has 0 bridgehead atoms. The number of furan rings is 1. The van der Waals surface area contributed by atoms with Crippen LogP contribution < -0.4 is 0 Å². The number of amides is 2. The van der Waals surface area contributed by atoms with Crippen LogP contribution in [0.1, 0.15) is 28.6 Å². The molecule has 1 atom stereocenters. The van der Waals surface area contributed by atoms with Gasteiger partial charge in [-0.2, -0.15) is 0 Å². The van der Waals surface area contributed by atoms with Gasteiger partial charge in [0.1, 0.15) is 0 Å². The van der Waals surface area contributed by atoms with Gasteiger partial charge in [-0.05, 0) is 24.1 Å². The van der Waals surface area contributed by atoms with Crippen molar-refractivity contribution in [1.29, 1.82) is 0 Å². The van der Waals surface area contributed by atoms with Crippen LogP contribution in [-0.2, 0) is 9.53 Å². The number of carbonyl (C=O) groups excluding carboxylic acids is 2. The number of nitrogens with zero attached hydrogens (tertiary/aromatic N) is 2. The summed E-state index contributed by atoms with van der Waals surface area (Å²) in [5, 5.41) is 0. The second-order valence-corrected chi connectivity index (χ2v) is 5.97. The van der Waals surface area contributed by atoms with Gasteiger partial charge in [0.15, 0.2) is 11.9 Å². The fraction of sp³-hybridized carbons (Fsp3) is 0.368. The lowest BCUT2D eigenvalue weighted by Crippen LogP contribution is -2.39. The van der Waals surface area contributed by atoms with Crippen LogP contribution in [0, 0.1) is 0 Å². The molecule has 0 aliphatic carbocycles.